The molecule has 5 nitrogen and oxygen atoms in total. The van der Waals surface area contributed by atoms with Crippen molar-refractivity contribution < 1.29 is 19.0 Å². The molecule has 0 fully saturated rings. The highest BCUT2D eigenvalue weighted by Crippen LogP contribution is 2.26. The lowest BCUT2D eigenvalue weighted by Crippen LogP contribution is -2.34. The molecule has 0 bridgehead atoms. The van der Waals surface area contributed by atoms with Gasteiger partial charge in [0.2, 0.25) is 0 Å². The standard InChI is InChI=1S/C19H19FN2O3/c20-16-4-5-18-14(9-16)8-15(12-25-18)19(24)22-10-13(11-23)7-17-3-1-2-6-21-17/h1-6,8-9,13,23H,7,10-12H2,(H,22,24). The Hall–Kier alpha value is -2.73. The Morgan fingerprint density at radius 2 is 2.24 bits per heavy atom. The van der Waals surface area contributed by atoms with Crippen LogP contribution in [0.3, 0.4) is 0 Å². The molecule has 1 aromatic carbocycles. The maximum atomic E-state index is 13.3. The van der Waals surface area contributed by atoms with Crippen LogP contribution in [-0.2, 0) is 11.2 Å². The highest BCUT2D eigenvalue weighted by atomic mass is 19.1. The highest BCUT2D eigenvalue weighted by Gasteiger charge is 2.19. The summed E-state index contributed by atoms with van der Waals surface area (Å²) < 4.78 is 18.8. The van der Waals surface area contributed by atoms with Gasteiger partial charge in [0, 0.05) is 36.5 Å². The van der Waals surface area contributed by atoms with Crippen LogP contribution in [0.5, 0.6) is 5.75 Å². The SMILES string of the molecule is O=C(NCC(CO)Cc1ccccn1)C1=Cc2cc(F)ccc2OC1. The number of benzene rings is 1. The predicted molar refractivity (Wildman–Crippen MR) is 91.4 cm³/mol. The van der Waals surface area contributed by atoms with E-state index in [1.54, 1.807) is 18.3 Å². The van der Waals surface area contributed by atoms with Crippen LogP contribution < -0.4 is 10.1 Å². The third-order valence-electron chi connectivity index (χ3n) is 4.01. The summed E-state index contributed by atoms with van der Waals surface area (Å²) in [6.07, 6.45) is 3.90. The van der Waals surface area contributed by atoms with E-state index in [0.717, 1.165) is 5.69 Å². The number of aliphatic hydroxyl groups excluding tert-OH is 1. The molecule has 1 atom stereocenters. The van der Waals surface area contributed by atoms with Crippen molar-refractivity contribution in [3.05, 3.63) is 65.2 Å². The molecule has 1 amide bonds. The zero-order valence-electron chi connectivity index (χ0n) is 13.6. The van der Waals surface area contributed by atoms with Crippen LogP contribution in [0, 0.1) is 11.7 Å². The molecule has 0 spiro atoms. The third kappa shape index (κ3) is 4.42. The fourth-order valence-corrected chi connectivity index (χ4v) is 2.65. The number of nitrogens with zero attached hydrogens (tertiary/aromatic N) is 1. The number of nitrogens with one attached hydrogen (secondary N) is 1. The fourth-order valence-electron chi connectivity index (χ4n) is 2.65. The van der Waals surface area contributed by atoms with Crippen LogP contribution in [-0.4, -0.2) is 35.8 Å². The number of hydrogen-bond donors (Lipinski definition) is 2. The monoisotopic (exact) mass is 342 g/mol. The number of pyridine rings is 1. The van der Waals surface area contributed by atoms with Crippen LogP contribution in [0.1, 0.15) is 11.3 Å². The molecule has 1 aliphatic heterocycles. The second-order valence-electron chi connectivity index (χ2n) is 5.92. The molecule has 25 heavy (non-hydrogen) atoms. The lowest BCUT2D eigenvalue weighted by Gasteiger charge is -2.19. The molecule has 1 unspecified atom stereocenters. The van der Waals surface area contributed by atoms with Crippen LogP contribution in [0.15, 0.2) is 48.2 Å². The number of ether oxygens (including phenoxy) is 1. The number of aliphatic hydroxyl groups is 1. The van der Waals surface area contributed by atoms with E-state index in [-0.39, 0.29) is 30.9 Å². The molecule has 6 heteroatoms. The van der Waals surface area contributed by atoms with Crippen LogP contribution >= 0.6 is 0 Å². The number of carbonyl (C=O) groups is 1. The van der Waals surface area contributed by atoms with Gasteiger partial charge in [-0.3, -0.25) is 9.78 Å². The first-order chi connectivity index (χ1) is 12.2. The van der Waals surface area contributed by atoms with Crippen molar-refractivity contribution in [1.82, 2.24) is 10.3 Å². The van der Waals surface area contributed by atoms with Gasteiger partial charge in [0.05, 0.1) is 5.57 Å². The number of amides is 1. The maximum Gasteiger partial charge on any atom is 0.250 e. The van der Waals surface area contributed by atoms with Gasteiger partial charge in [-0.25, -0.2) is 4.39 Å². The van der Waals surface area contributed by atoms with E-state index in [4.69, 9.17) is 4.74 Å². The molecule has 1 aliphatic rings. The molecule has 3 rings (SSSR count). The van der Waals surface area contributed by atoms with Crippen molar-refractivity contribution >= 4 is 12.0 Å². The molecular formula is C19H19FN2O3. The third-order valence-corrected chi connectivity index (χ3v) is 4.01. The summed E-state index contributed by atoms with van der Waals surface area (Å²) >= 11 is 0. The van der Waals surface area contributed by atoms with Crippen molar-refractivity contribution in [2.24, 2.45) is 5.92 Å². The molecule has 0 saturated heterocycles. The number of aromatic nitrogens is 1. The fraction of sp³-hybridized carbons (Fsp3) is 0.263. The lowest BCUT2D eigenvalue weighted by molar-refractivity contribution is -0.118. The summed E-state index contributed by atoms with van der Waals surface area (Å²) in [6.45, 7) is 0.397. The normalized spacial score (nSPS) is 14.1. The summed E-state index contributed by atoms with van der Waals surface area (Å²) in [5.41, 5.74) is 1.83. The zero-order chi connectivity index (χ0) is 17.6. The van der Waals surface area contributed by atoms with E-state index in [2.05, 4.69) is 10.3 Å². The second-order valence-corrected chi connectivity index (χ2v) is 5.92. The largest absolute Gasteiger partial charge is 0.488 e. The Morgan fingerprint density at radius 1 is 1.36 bits per heavy atom. The molecule has 0 radical (unpaired) electrons. The van der Waals surface area contributed by atoms with E-state index < -0.39 is 0 Å². The van der Waals surface area contributed by atoms with Crippen LogP contribution in [0.4, 0.5) is 4.39 Å². The first kappa shape index (κ1) is 17.1. The number of rotatable bonds is 6. The lowest BCUT2D eigenvalue weighted by atomic mass is 10.0. The van der Waals surface area contributed by atoms with E-state index in [1.807, 2.05) is 18.2 Å². The zero-order valence-corrected chi connectivity index (χ0v) is 13.6. The van der Waals surface area contributed by atoms with Gasteiger partial charge in [-0.1, -0.05) is 6.07 Å². The average molecular weight is 342 g/mol. The minimum Gasteiger partial charge on any atom is -0.488 e. The van der Waals surface area contributed by atoms with Gasteiger partial charge in [0.25, 0.3) is 5.91 Å². The second kappa shape index (κ2) is 7.90. The van der Waals surface area contributed by atoms with Gasteiger partial charge in [-0.2, -0.15) is 0 Å². The molecule has 0 saturated carbocycles. The van der Waals surface area contributed by atoms with Crippen molar-refractivity contribution in [1.29, 1.82) is 0 Å². The number of carbonyl (C=O) groups excluding carboxylic acids is 1. The van der Waals surface area contributed by atoms with Gasteiger partial charge < -0.3 is 15.2 Å². The van der Waals surface area contributed by atoms with Crippen LogP contribution in [0.2, 0.25) is 0 Å². The van der Waals surface area contributed by atoms with E-state index in [0.29, 0.717) is 29.9 Å². The molecule has 2 N–H and O–H groups in total. The number of hydrogen-bond acceptors (Lipinski definition) is 4. The van der Waals surface area contributed by atoms with Crippen molar-refractivity contribution in [2.45, 2.75) is 6.42 Å². The Morgan fingerprint density at radius 3 is 3.00 bits per heavy atom. The van der Waals surface area contributed by atoms with Gasteiger partial charge in [-0.15, -0.1) is 0 Å². The van der Waals surface area contributed by atoms with Gasteiger partial charge in [0.1, 0.15) is 18.2 Å². The maximum absolute atomic E-state index is 13.3. The topological polar surface area (TPSA) is 71.5 Å². The molecule has 2 aromatic rings. The average Bonchev–Trinajstić information content (AvgIpc) is 2.65. The van der Waals surface area contributed by atoms with Gasteiger partial charge in [0.15, 0.2) is 0 Å². The summed E-state index contributed by atoms with van der Waals surface area (Å²) in [5, 5.41) is 12.3. The van der Waals surface area contributed by atoms with E-state index >= 15 is 0 Å². The van der Waals surface area contributed by atoms with Crippen LogP contribution in [0.25, 0.3) is 6.08 Å². The number of halogens is 1. The predicted octanol–water partition coefficient (Wildman–Crippen LogP) is 1.96. The smallest absolute Gasteiger partial charge is 0.250 e. The summed E-state index contributed by atoms with van der Waals surface area (Å²) in [4.78, 5) is 16.5. The Kier molecular flexibility index (Phi) is 5.40. The highest BCUT2D eigenvalue weighted by molar-refractivity contribution is 5.99. The first-order valence-corrected chi connectivity index (χ1v) is 8.07. The Labute approximate surface area is 145 Å². The number of fused-ring (bicyclic) bond motifs is 1. The summed E-state index contributed by atoms with van der Waals surface area (Å²) in [6, 6.07) is 9.80. The Bertz CT molecular complexity index is 777. The minimum absolute atomic E-state index is 0.0551. The molecule has 2 heterocycles. The molecular weight excluding hydrogens is 323 g/mol. The van der Waals surface area contributed by atoms with E-state index in [9.17, 15) is 14.3 Å². The Balaban J connectivity index is 1.60. The molecule has 130 valence electrons. The first-order valence-electron chi connectivity index (χ1n) is 8.07. The van der Waals surface area contributed by atoms with Crippen molar-refractivity contribution in [2.75, 3.05) is 19.8 Å². The van der Waals surface area contributed by atoms with E-state index in [1.165, 1.54) is 12.1 Å². The molecule has 0 aliphatic carbocycles. The van der Waals surface area contributed by atoms with Crippen molar-refractivity contribution in [3.63, 3.8) is 0 Å². The van der Waals surface area contributed by atoms with Gasteiger partial charge >= 0.3 is 0 Å². The summed E-state index contributed by atoms with van der Waals surface area (Å²) in [7, 11) is 0. The minimum atomic E-state index is -0.379. The van der Waals surface area contributed by atoms with Crippen molar-refractivity contribution in [3.8, 4) is 5.75 Å². The summed E-state index contributed by atoms with van der Waals surface area (Å²) in [5.74, 6) is -0.236. The quantitative estimate of drug-likeness (QED) is 0.842. The van der Waals surface area contributed by atoms with Gasteiger partial charge in [-0.05, 0) is 42.8 Å². The molecule has 1 aromatic heterocycles.